The number of nitrogens with one attached hydrogen (secondary N) is 2. The minimum absolute atomic E-state index is 0.00896. The molecule has 2 heterocycles. The third-order valence-electron chi connectivity index (χ3n) is 6.31. The average molecular weight is 545 g/mol. The van der Waals surface area contributed by atoms with Gasteiger partial charge in [-0.3, -0.25) is 10.1 Å². The molecule has 4 rings (SSSR count). The third kappa shape index (κ3) is 6.12. The average Bonchev–Trinajstić information content (AvgIpc) is 2.84. The van der Waals surface area contributed by atoms with E-state index in [0.29, 0.717) is 18.0 Å². The maximum Gasteiger partial charge on any atom is 0.294 e. The molecular weight excluding hydrogens is 514 g/mol. The lowest BCUT2D eigenvalue weighted by molar-refractivity contribution is -0.384. The highest BCUT2D eigenvalue weighted by Crippen LogP contribution is 2.42. The number of aliphatic hydroxyl groups is 1. The Balaban J connectivity index is 1.64. The molecule has 208 valence electrons. The first-order valence-corrected chi connectivity index (χ1v) is 12.1. The molecule has 0 unspecified atom stereocenters. The summed E-state index contributed by atoms with van der Waals surface area (Å²) < 4.78 is 33.3. The number of aromatic nitrogens is 3. The van der Waals surface area contributed by atoms with Gasteiger partial charge in [-0.05, 0) is 40.4 Å². The highest BCUT2D eigenvalue weighted by Gasteiger charge is 2.34. The lowest BCUT2D eigenvalue weighted by Gasteiger charge is -2.43. The van der Waals surface area contributed by atoms with Crippen LogP contribution in [0.15, 0.2) is 30.6 Å². The van der Waals surface area contributed by atoms with Crippen LogP contribution in [0.1, 0.15) is 25.8 Å². The molecule has 0 bridgehead atoms. The number of halogens is 2. The Labute approximate surface area is 223 Å². The number of nitro benzene ring substituents is 1. The Hall–Kier alpha value is -4.17. The van der Waals surface area contributed by atoms with E-state index in [1.165, 1.54) is 33.4 Å². The van der Waals surface area contributed by atoms with Gasteiger partial charge in [0.1, 0.15) is 17.8 Å². The largest absolute Gasteiger partial charge is 0.494 e. The minimum Gasteiger partial charge on any atom is -0.494 e. The van der Waals surface area contributed by atoms with Gasteiger partial charge in [0.15, 0.2) is 11.6 Å². The van der Waals surface area contributed by atoms with Crippen LogP contribution in [0.4, 0.5) is 43.4 Å². The highest BCUT2D eigenvalue weighted by atomic mass is 19.2. The third-order valence-corrected chi connectivity index (χ3v) is 6.31. The van der Waals surface area contributed by atoms with E-state index in [1.807, 2.05) is 23.9 Å². The fraction of sp³-hybridized carbons (Fsp3) is 0.400. The van der Waals surface area contributed by atoms with Crippen LogP contribution in [0.25, 0.3) is 0 Å². The Morgan fingerprint density at radius 1 is 1.15 bits per heavy atom. The molecule has 3 aromatic rings. The number of nitro groups is 1. The van der Waals surface area contributed by atoms with Crippen LogP contribution >= 0.6 is 0 Å². The first-order valence-electron chi connectivity index (χ1n) is 12.1. The summed E-state index contributed by atoms with van der Waals surface area (Å²) in [6.07, 6.45) is 2.09. The van der Waals surface area contributed by atoms with Crippen molar-refractivity contribution in [2.24, 2.45) is 0 Å². The number of benzene rings is 2. The number of nitrogens with zero attached hydrogens (tertiary/aromatic N) is 6. The standard InChI is InChI=1S/C25H30F2N8O4/c1-25(2,36)15-8-16(26)17(27)9-18(15)30-23-28-13-29-24(32-23)31-19-10-21(35(37)38)20(11-22(19)39-5)34-7-6-14(34)12-33(3)4/h8-11,13-14,36H,6-7,12H2,1-5H3,(H2,28,29,30,31,32)/t14-/m1/s1. The lowest BCUT2D eigenvalue weighted by atomic mass is 9.96. The van der Waals surface area contributed by atoms with Gasteiger partial charge in [0.2, 0.25) is 11.9 Å². The number of methoxy groups -OCH3 is 1. The van der Waals surface area contributed by atoms with Crippen molar-refractivity contribution in [3.05, 3.63) is 57.9 Å². The van der Waals surface area contributed by atoms with Gasteiger partial charge in [-0.2, -0.15) is 4.98 Å². The monoisotopic (exact) mass is 544 g/mol. The van der Waals surface area contributed by atoms with Crippen LogP contribution in [-0.4, -0.2) is 70.2 Å². The SMILES string of the molecule is COc1cc(N2CC[C@@H]2CN(C)C)c([N+](=O)[O-])cc1Nc1ncnc(Nc2cc(F)c(F)cc2C(C)(C)O)n1. The molecule has 12 nitrogen and oxygen atoms in total. The van der Waals surface area contributed by atoms with Crippen molar-refractivity contribution in [1.82, 2.24) is 19.9 Å². The summed E-state index contributed by atoms with van der Waals surface area (Å²) in [5.74, 6) is -1.93. The van der Waals surface area contributed by atoms with E-state index < -0.39 is 22.2 Å². The molecule has 14 heteroatoms. The van der Waals surface area contributed by atoms with Gasteiger partial charge in [0.25, 0.3) is 5.69 Å². The Morgan fingerprint density at radius 3 is 2.33 bits per heavy atom. The number of rotatable bonds is 10. The van der Waals surface area contributed by atoms with Gasteiger partial charge in [-0.1, -0.05) is 0 Å². The molecule has 3 N–H and O–H groups in total. The number of anilines is 5. The highest BCUT2D eigenvalue weighted by molar-refractivity contribution is 5.77. The van der Waals surface area contributed by atoms with Crippen molar-refractivity contribution in [3.8, 4) is 5.75 Å². The van der Waals surface area contributed by atoms with Crippen LogP contribution in [-0.2, 0) is 5.60 Å². The minimum atomic E-state index is -1.50. The predicted molar refractivity (Wildman–Crippen MR) is 142 cm³/mol. The molecule has 39 heavy (non-hydrogen) atoms. The second-order valence-corrected chi connectivity index (χ2v) is 9.95. The van der Waals surface area contributed by atoms with E-state index in [9.17, 15) is 24.0 Å². The van der Waals surface area contributed by atoms with Gasteiger partial charge in [-0.15, -0.1) is 0 Å². The summed E-state index contributed by atoms with van der Waals surface area (Å²) in [6.45, 7) is 4.30. The quantitative estimate of drug-likeness (QED) is 0.252. The molecule has 0 aliphatic carbocycles. The molecule has 0 amide bonds. The Bertz CT molecular complexity index is 1380. The first kappa shape index (κ1) is 27.9. The van der Waals surface area contributed by atoms with Crippen molar-refractivity contribution in [2.45, 2.75) is 31.9 Å². The van der Waals surface area contributed by atoms with Gasteiger partial charge < -0.3 is 30.3 Å². The molecule has 1 aromatic heterocycles. The van der Waals surface area contributed by atoms with Crippen molar-refractivity contribution < 1.29 is 23.5 Å². The van der Waals surface area contributed by atoms with E-state index in [4.69, 9.17) is 4.74 Å². The summed E-state index contributed by atoms with van der Waals surface area (Å²) in [5, 5.41) is 28.1. The number of hydrogen-bond donors (Lipinski definition) is 3. The topological polar surface area (TPSA) is 142 Å². The Kier molecular flexibility index (Phi) is 7.79. The first-order chi connectivity index (χ1) is 18.4. The van der Waals surface area contributed by atoms with Crippen LogP contribution < -0.4 is 20.3 Å². The maximum absolute atomic E-state index is 14.0. The van der Waals surface area contributed by atoms with Gasteiger partial charge in [0.05, 0.1) is 29.0 Å². The molecule has 0 saturated carbocycles. The lowest BCUT2D eigenvalue weighted by Crippen LogP contribution is -2.52. The fourth-order valence-electron chi connectivity index (χ4n) is 4.38. The van der Waals surface area contributed by atoms with Crippen molar-refractivity contribution in [3.63, 3.8) is 0 Å². The normalized spacial score (nSPS) is 15.2. The van der Waals surface area contributed by atoms with Gasteiger partial charge >= 0.3 is 0 Å². The summed E-state index contributed by atoms with van der Waals surface area (Å²) >= 11 is 0. The van der Waals surface area contributed by atoms with Crippen molar-refractivity contribution in [1.29, 1.82) is 0 Å². The van der Waals surface area contributed by atoms with Crippen LogP contribution in [0.2, 0.25) is 0 Å². The summed E-state index contributed by atoms with van der Waals surface area (Å²) in [4.78, 5) is 27.9. The molecule has 1 atom stereocenters. The Morgan fingerprint density at radius 2 is 1.79 bits per heavy atom. The number of hydrogen-bond acceptors (Lipinski definition) is 11. The van der Waals surface area contributed by atoms with E-state index in [-0.39, 0.29) is 40.6 Å². The van der Waals surface area contributed by atoms with E-state index >= 15 is 0 Å². The number of likely N-dealkylation sites (N-methyl/N-ethyl adjacent to an activating group) is 1. The van der Waals surface area contributed by atoms with Crippen molar-refractivity contribution >= 4 is 34.6 Å². The zero-order valence-corrected chi connectivity index (χ0v) is 22.2. The van der Waals surface area contributed by atoms with E-state index in [0.717, 1.165) is 25.1 Å². The van der Waals surface area contributed by atoms with Crippen molar-refractivity contribution in [2.75, 3.05) is 49.8 Å². The molecule has 0 spiro atoms. The van der Waals surface area contributed by atoms with Gasteiger partial charge in [0, 0.05) is 42.9 Å². The second-order valence-electron chi connectivity index (χ2n) is 9.95. The molecule has 1 fully saturated rings. The molecule has 1 aliphatic heterocycles. The molecule has 2 aromatic carbocycles. The van der Waals surface area contributed by atoms with E-state index in [1.54, 1.807) is 6.07 Å². The summed E-state index contributed by atoms with van der Waals surface area (Å²) in [5.41, 5.74) is -0.761. The zero-order valence-electron chi connectivity index (χ0n) is 22.2. The molecule has 1 aliphatic rings. The second kappa shape index (κ2) is 10.9. The summed E-state index contributed by atoms with van der Waals surface area (Å²) in [6, 6.07) is 4.90. The number of ether oxygens (including phenoxy) is 1. The molecule has 0 radical (unpaired) electrons. The molecular formula is C25H30F2N8O4. The zero-order chi connectivity index (χ0) is 28.5. The van der Waals surface area contributed by atoms with Crippen LogP contribution in [0.3, 0.4) is 0 Å². The van der Waals surface area contributed by atoms with Crippen LogP contribution in [0.5, 0.6) is 5.75 Å². The smallest absolute Gasteiger partial charge is 0.294 e. The van der Waals surface area contributed by atoms with Crippen LogP contribution in [0, 0.1) is 21.7 Å². The van der Waals surface area contributed by atoms with Gasteiger partial charge in [-0.25, -0.2) is 18.7 Å². The molecule has 1 saturated heterocycles. The van der Waals surface area contributed by atoms with E-state index in [2.05, 4.69) is 25.6 Å². The predicted octanol–water partition coefficient (Wildman–Crippen LogP) is 3.92. The fourth-order valence-corrected chi connectivity index (χ4v) is 4.38. The summed E-state index contributed by atoms with van der Waals surface area (Å²) in [7, 11) is 5.36. The maximum atomic E-state index is 14.0.